The highest BCUT2D eigenvalue weighted by Crippen LogP contribution is 2.20. The highest BCUT2D eigenvalue weighted by atomic mass is 35.5. The Labute approximate surface area is 73.5 Å². The Morgan fingerprint density at radius 3 is 3.08 bits per heavy atom. The Bertz CT molecular complexity index is 412. The molecule has 12 heavy (non-hydrogen) atoms. The maximum atomic E-state index is 5.77. The van der Waals surface area contributed by atoms with Crippen molar-refractivity contribution in [2.24, 2.45) is 0 Å². The Morgan fingerprint density at radius 1 is 1.50 bits per heavy atom. The van der Waals surface area contributed by atoms with Crippen LogP contribution in [0.3, 0.4) is 0 Å². The van der Waals surface area contributed by atoms with E-state index in [4.69, 9.17) is 16.3 Å². The van der Waals surface area contributed by atoms with Gasteiger partial charge in [0.1, 0.15) is 5.15 Å². The highest BCUT2D eigenvalue weighted by Gasteiger charge is 2.04. The molecule has 0 fully saturated rings. The smallest absolute Gasteiger partial charge is 0.215 e. The van der Waals surface area contributed by atoms with Crippen molar-refractivity contribution in [1.82, 2.24) is 15.2 Å². The van der Waals surface area contributed by atoms with Crippen LogP contribution in [-0.2, 0) is 0 Å². The number of fused-ring (bicyclic) bond motifs is 1. The van der Waals surface area contributed by atoms with E-state index in [1.165, 1.54) is 0 Å². The van der Waals surface area contributed by atoms with Crippen LogP contribution < -0.4 is 4.74 Å². The molecule has 0 aliphatic carbocycles. The van der Waals surface area contributed by atoms with Crippen molar-refractivity contribution in [3.05, 3.63) is 17.3 Å². The summed E-state index contributed by atoms with van der Waals surface area (Å²) < 4.78 is 4.92. The van der Waals surface area contributed by atoms with Gasteiger partial charge in [-0.2, -0.15) is 10.1 Å². The van der Waals surface area contributed by atoms with Gasteiger partial charge in [-0.15, -0.1) is 0 Å². The molecule has 4 nitrogen and oxygen atoms in total. The summed E-state index contributed by atoms with van der Waals surface area (Å²) in [5.74, 6) is 0.533. The van der Waals surface area contributed by atoms with Gasteiger partial charge in [-0.3, -0.25) is 5.10 Å². The number of halogens is 1. The molecule has 2 aromatic rings. The molecule has 1 N–H and O–H groups in total. The van der Waals surface area contributed by atoms with E-state index in [9.17, 15) is 0 Å². The maximum absolute atomic E-state index is 5.77. The van der Waals surface area contributed by atoms with Gasteiger partial charge in [0.2, 0.25) is 5.88 Å². The average molecular weight is 184 g/mol. The van der Waals surface area contributed by atoms with Crippen molar-refractivity contribution in [2.45, 2.75) is 0 Å². The Hall–Kier alpha value is -1.29. The van der Waals surface area contributed by atoms with E-state index < -0.39 is 0 Å². The summed E-state index contributed by atoms with van der Waals surface area (Å²) in [7, 11) is 1.56. The second kappa shape index (κ2) is 2.64. The number of rotatable bonds is 1. The zero-order valence-corrected chi connectivity index (χ0v) is 7.09. The Morgan fingerprint density at radius 2 is 2.33 bits per heavy atom. The SMILES string of the molecule is COc1ccc2c(Cl)[nH]nc2n1. The predicted octanol–water partition coefficient (Wildman–Crippen LogP) is 1.62. The van der Waals surface area contributed by atoms with Crippen LogP contribution in [0.25, 0.3) is 11.0 Å². The fourth-order valence-corrected chi connectivity index (χ4v) is 1.15. The van der Waals surface area contributed by atoms with Crippen LogP contribution in [0, 0.1) is 0 Å². The molecular formula is C7H6ClN3O. The second-order valence-electron chi connectivity index (χ2n) is 2.26. The van der Waals surface area contributed by atoms with Crippen LogP contribution >= 0.6 is 11.6 Å². The average Bonchev–Trinajstić information content (AvgIpc) is 2.47. The van der Waals surface area contributed by atoms with E-state index in [1.54, 1.807) is 13.2 Å². The molecule has 0 saturated heterocycles. The van der Waals surface area contributed by atoms with Crippen molar-refractivity contribution in [3.63, 3.8) is 0 Å². The molecule has 0 saturated carbocycles. The third-order valence-corrected chi connectivity index (χ3v) is 1.84. The van der Waals surface area contributed by atoms with Gasteiger partial charge in [-0.25, -0.2) is 0 Å². The minimum absolute atomic E-state index is 0.500. The lowest BCUT2D eigenvalue weighted by Crippen LogP contribution is -1.86. The number of hydrogen-bond donors (Lipinski definition) is 1. The minimum Gasteiger partial charge on any atom is -0.481 e. The van der Waals surface area contributed by atoms with Gasteiger partial charge in [0.25, 0.3) is 0 Å². The highest BCUT2D eigenvalue weighted by molar-refractivity contribution is 6.34. The third-order valence-electron chi connectivity index (χ3n) is 1.56. The molecule has 0 unspecified atom stereocenters. The number of pyridine rings is 1. The molecule has 2 heterocycles. The van der Waals surface area contributed by atoms with Crippen LogP contribution in [0.5, 0.6) is 5.88 Å². The third kappa shape index (κ3) is 1.00. The molecule has 0 amide bonds. The number of methoxy groups -OCH3 is 1. The monoisotopic (exact) mass is 183 g/mol. The van der Waals surface area contributed by atoms with Gasteiger partial charge < -0.3 is 4.74 Å². The Balaban J connectivity index is 2.69. The molecule has 2 rings (SSSR count). The van der Waals surface area contributed by atoms with Crippen LogP contribution in [0.1, 0.15) is 0 Å². The zero-order chi connectivity index (χ0) is 8.55. The maximum Gasteiger partial charge on any atom is 0.215 e. The van der Waals surface area contributed by atoms with Crippen LogP contribution in [0.4, 0.5) is 0 Å². The first-order valence-corrected chi connectivity index (χ1v) is 3.73. The molecule has 0 radical (unpaired) electrons. The van der Waals surface area contributed by atoms with Crippen molar-refractivity contribution in [2.75, 3.05) is 7.11 Å². The van der Waals surface area contributed by atoms with E-state index in [0.29, 0.717) is 16.7 Å². The van der Waals surface area contributed by atoms with Crippen molar-refractivity contribution in [1.29, 1.82) is 0 Å². The lowest BCUT2D eigenvalue weighted by atomic mass is 10.3. The summed E-state index contributed by atoms with van der Waals surface area (Å²) in [5.41, 5.74) is 0.569. The van der Waals surface area contributed by atoms with Gasteiger partial charge in [0, 0.05) is 6.07 Å². The van der Waals surface area contributed by atoms with Crippen molar-refractivity contribution in [3.8, 4) is 5.88 Å². The largest absolute Gasteiger partial charge is 0.481 e. The molecule has 0 aromatic carbocycles. The molecule has 62 valence electrons. The molecule has 0 spiro atoms. The van der Waals surface area contributed by atoms with Gasteiger partial charge in [-0.05, 0) is 6.07 Å². The fourth-order valence-electron chi connectivity index (χ4n) is 0.964. The summed E-state index contributed by atoms with van der Waals surface area (Å²) in [6, 6.07) is 3.55. The van der Waals surface area contributed by atoms with Gasteiger partial charge in [0.15, 0.2) is 5.65 Å². The van der Waals surface area contributed by atoms with Crippen LogP contribution in [0.2, 0.25) is 5.15 Å². The first-order chi connectivity index (χ1) is 5.81. The number of aromatic amines is 1. The molecular weight excluding hydrogens is 178 g/mol. The van der Waals surface area contributed by atoms with E-state index in [2.05, 4.69) is 15.2 Å². The number of aromatic nitrogens is 3. The lowest BCUT2D eigenvalue weighted by Gasteiger charge is -1.95. The lowest BCUT2D eigenvalue weighted by molar-refractivity contribution is 0.399. The minimum atomic E-state index is 0.500. The van der Waals surface area contributed by atoms with Crippen molar-refractivity contribution < 1.29 is 4.74 Å². The summed E-state index contributed by atoms with van der Waals surface area (Å²) in [4.78, 5) is 4.07. The summed E-state index contributed by atoms with van der Waals surface area (Å²) in [6.07, 6.45) is 0. The van der Waals surface area contributed by atoms with Crippen molar-refractivity contribution >= 4 is 22.6 Å². The van der Waals surface area contributed by atoms with E-state index in [-0.39, 0.29) is 0 Å². The second-order valence-corrected chi connectivity index (χ2v) is 2.64. The van der Waals surface area contributed by atoms with E-state index >= 15 is 0 Å². The summed E-state index contributed by atoms with van der Waals surface area (Å²) in [5, 5.41) is 7.81. The first-order valence-electron chi connectivity index (χ1n) is 3.36. The summed E-state index contributed by atoms with van der Waals surface area (Å²) >= 11 is 5.77. The number of hydrogen-bond acceptors (Lipinski definition) is 3. The zero-order valence-electron chi connectivity index (χ0n) is 6.34. The van der Waals surface area contributed by atoms with Gasteiger partial charge in [-0.1, -0.05) is 11.6 Å². The molecule has 0 atom stereocenters. The number of nitrogens with zero attached hydrogens (tertiary/aromatic N) is 2. The molecule has 5 heteroatoms. The van der Waals surface area contributed by atoms with Crippen LogP contribution in [0.15, 0.2) is 12.1 Å². The number of ether oxygens (including phenoxy) is 1. The first kappa shape index (κ1) is 7.36. The predicted molar refractivity (Wildman–Crippen MR) is 45.5 cm³/mol. The quantitative estimate of drug-likeness (QED) is 0.731. The van der Waals surface area contributed by atoms with Gasteiger partial charge in [0.05, 0.1) is 12.5 Å². The fraction of sp³-hybridized carbons (Fsp3) is 0.143. The number of nitrogens with one attached hydrogen (secondary N) is 1. The standard InChI is InChI=1S/C7H6ClN3O/c1-12-5-3-2-4-6(8)10-11-7(4)9-5/h2-3H,1H3,(H,9,10,11). The van der Waals surface area contributed by atoms with Crippen LogP contribution in [-0.4, -0.2) is 22.3 Å². The number of H-pyrrole nitrogens is 1. The van der Waals surface area contributed by atoms with E-state index in [0.717, 1.165) is 5.39 Å². The summed E-state index contributed by atoms with van der Waals surface area (Å²) in [6.45, 7) is 0. The molecule has 0 bridgehead atoms. The molecule has 2 aromatic heterocycles. The Kier molecular flexibility index (Phi) is 1.62. The topological polar surface area (TPSA) is 50.8 Å². The molecule has 0 aliphatic rings. The molecule has 0 aliphatic heterocycles. The van der Waals surface area contributed by atoms with Gasteiger partial charge >= 0.3 is 0 Å². The van der Waals surface area contributed by atoms with E-state index in [1.807, 2.05) is 6.07 Å². The normalized spacial score (nSPS) is 10.5.